The number of aromatic amines is 1. The van der Waals surface area contributed by atoms with Crippen LogP contribution in [0.5, 0.6) is 5.75 Å². The second-order valence-corrected chi connectivity index (χ2v) is 6.39. The lowest BCUT2D eigenvalue weighted by Crippen LogP contribution is -2.09. The van der Waals surface area contributed by atoms with E-state index in [0.717, 1.165) is 5.56 Å². The minimum Gasteiger partial charge on any atom is -0.489 e. The Bertz CT molecular complexity index is 1170. The van der Waals surface area contributed by atoms with E-state index >= 15 is 0 Å². The first-order chi connectivity index (χ1) is 13.1. The number of ether oxygens (including phenoxy) is 1. The van der Waals surface area contributed by atoms with Crippen LogP contribution in [0.25, 0.3) is 22.3 Å². The highest BCUT2D eigenvalue weighted by atomic mass is 35.5. The molecular weight excluding hydrogens is 367 g/mol. The number of hydrogen-bond acceptors (Lipinski definition) is 3. The van der Waals surface area contributed by atoms with Gasteiger partial charge in [-0.25, -0.2) is 9.37 Å². The van der Waals surface area contributed by atoms with E-state index in [1.165, 1.54) is 12.1 Å². The molecule has 0 amide bonds. The summed E-state index contributed by atoms with van der Waals surface area (Å²) in [4.78, 5) is 19.5. The van der Waals surface area contributed by atoms with Crippen molar-refractivity contribution in [1.82, 2.24) is 9.97 Å². The molecule has 1 N–H and O–H groups in total. The van der Waals surface area contributed by atoms with Crippen LogP contribution < -0.4 is 10.3 Å². The van der Waals surface area contributed by atoms with Gasteiger partial charge in [0.25, 0.3) is 5.56 Å². The lowest BCUT2D eigenvalue weighted by Gasteiger charge is -2.09. The highest BCUT2D eigenvalue weighted by molar-refractivity contribution is 6.31. The molecule has 0 fully saturated rings. The van der Waals surface area contributed by atoms with E-state index in [9.17, 15) is 9.18 Å². The Labute approximate surface area is 159 Å². The standard InChI is InChI=1S/C21H14ClFN2O2/c22-18-11-15(23)8-5-14(18)12-27-16-9-6-13(7-10-16)20-24-19-4-2-1-3-17(19)21(26)25-20/h1-11H,12H2,(H,24,25,26). The smallest absolute Gasteiger partial charge is 0.259 e. The highest BCUT2D eigenvalue weighted by Gasteiger charge is 2.07. The van der Waals surface area contributed by atoms with Gasteiger partial charge in [-0.1, -0.05) is 29.8 Å². The number of halogens is 2. The van der Waals surface area contributed by atoms with Gasteiger partial charge in [0.2, 0.25) is 0 Å². The Hall–Kier alpha value is -3.18. The zero-order chi connectivity index (χ0) is 18.8. The Morgan fingerprint density at radius 2 is 1.81 bits per heavy atom. The summed E-state index contributed by atoms with van der Waals surface area (Å²) in [5.74, 6) is 0.735. The van der Waals surface area contributed by atoms with E-state index in [2.05, 4.69) is 9.97 Å². The fraction of sp³-hybridized carbons (Fsp3) is 0.0476. The number of nitrogens with one attached hydrogen (secondary N) is 1. The van der Waals surface area contributed by atoms with E-state index in [4.69, 9.17) is 16.3 Å². The van der Waals surface area contributed by atoms with Gasteiger partial charge in [0.15, 0.2) is 0 Å². The fourth-order valence-corrected chi connectivity index (χ4v) is 2.95. The van der Waals surface area contributed by atoms with Crippen LogP contribution in [0.15, 0.2) is 71.5 Å². The first kappa shape index (κ1) is 17.2. The van der Waals surface area contributed by atoms with Crippen LogP contribution in [0.1, 0.15) is 5.56 Å². The molecule has 0 radical (unpaired) electrons. The Balaban J connectivity index is 1.54. The lowest BCUT2D eigenvalue weighted by molar-refractivity contribution is 0.306. The van der Waals surface area contributed by atoms with Gasteiger partial charge in [-0.2, -0.15) is 0 Å². The molecule has 0 atom stereocenters. The summed E-state index contributed by atoms with van der Waals surface area (Å²) in [5.41, 5.74) is 1.93. The average Bonchev–Trinajstić information content (AvgIpc) is 2.68. The molecule has 0 aliphatic rings. The van der Waals surface area contributed by atoms with E-state index in [1.54, 1.807) is 36.4 Å². The Kier molecular flexibility index (Phi) is 4.60. The first-order valence-corrected chi connectivity index (χ1v) is 8.64. The molecule has 1 heterocycles. The maximum atomic E-state index is 13.1. The Morgan fingerprint density at radius 1 is 1.04 bits per heavy atom. The third-order valence-corrected chi connectivity index (χ3v) is 4.50. The SMILES string of the molecule is O=c1[nH]c(-c2ccc(OCc3ccc(F)cc3Cl)cc2)nc2ccccc12. The van der Waals surface area contributed by atoms with Crippen molar-refractivity contribution in [3.63, 3.8) is 0 Å². The van der Waals surface area contributed by atoms with Gasteiger partial charge in [-0.05, 0) is 48.5 Å². The third kappa shape index (κ3) is 3.68. The average molecular weight is 381 g/mol. The fourth-order valence-electron chi connectivity index (χ4n) is 2.73. The van der Waals surface area contributed by atoms with E-state index in [-0.39, 0.29) is 18.0 Å². The molecule has 0 saturated heterocycles. The van der Waals surface area contributed by atoms with Gasteiger partial charge >= 0.3 is 0 Å². The van der Waals surface area contributed by atoms with Gasteiger partial charge in [-0.3, -0.25) is 4.79 Å². The summed E-state index contributed by atoms with van der Waals surface area (Å²) in [7, 11) is 0. The van der Waals surface area contributed by atoms with Crippen LogP contribution in [0.2, 0.25) is 5.02 Å². The van der Waals surface area contributed by atoms with E-state index in [0.29, 0.717) is 33.1 Å². The molecule has 4 nitrogen and oxygen atoms in total. The number of para-hydroxylation sites is 1. The van der Waals surface area contributed by atoms with Crippen molar-refractivity contribution in [2.75, 3.05) is 0 Å². The quantitative estimate of drug-likeness (QED) is 0.544. The van der Waals surface area contributed by atoms with Gasteiger partial charge in [0.05, 0.1) is 15.9 Å². The van der Waals surface area contributed by atoms with Gasteiger partial charge < -0.3 is 9.72 Å². The van der Waals surface area contributed by atoms with E-state index in [1.807, 2.05) is 18.2 Å². The molecule has 6 heteroatoms. The van der Waals surface area contributed by atoms with Crippen molar-refractivity contribution >= 4 is 22.5 Å². The van der Waals surface area contributed by atoms with Crippen LogP contribution in [-0.2, 0) is 6.61 Å². The van der Waals surface area contributed by atoms with Crippen molar-refractivity contribution < 1.29 is 9.13 Å². The maximum absolute atomic E-state index is 13.1. The van der Waals surface area contributed by atoms with Crippen LogP contribution in [-0.4, -0.2) is 9.97 Å². The second kappa shape index (κ2) is 7.21. The van der Waals surface area contributed by atoms with E-state index < -0.39 is 0 Å². The molecule has 1 aromatic heterocycles. The number of benzene rings is 3. The van der Waals surface area contributed by atoms with Gasteiger partial charge in [-0.15, -0.1) is 0 Å². The minimum atomic E-state index is -0.384. The number of rotatable bonds is 4. The molecule has 27 heavy (non-hydrogen) atoms. The number of nitrogens with zero attached hydrogens (tertiary/aromatic N) is 1. The molecule has 0 bridgehead atoms. The number of fused-ring (bicyclic) bond motifs is 1. The summed E-state index contributed by atoms with van der Waals surface area (Å²) in [6, 6.07) is 18.6. The molecule has 0 aliphatic heterocycles. The summed E-state index contributed by atoms with van der Waals surface area (Å²) in [6.07, 6.45) is 0. The molecule has 0 unspecified atom stereocenters. The molecular formula is C21H14ClFN2O2. The summed E-state index contributed by atoms with van der Waals surface area (Å²) in [6.45, 7) is 0.226. The van der Waals surface area contributed by atoms with Gasteiger partial charge in [0, 0.05) is 11.1 Å². The van der Waals surface area contributed by atoms with Crippen LogP contribution in [0.4, 0.5) is 4.39 Å². The first-order valence-electron chi connectivity index (χ1n) is 8.26. The molecule has 134 valence electrons. The molecule has 4 rings (SSSR count). The predicted octanol–water partition coefficient (Wildman–Crippen LogP) is 4.96. The summed E-state index contributed by atoms with van der Waals surface area (Å²) in [5, 5.41) is 0.877. The van der Waals surface area contributed by atoms with Crippen molar-refractivity contribution in [3.05, 3.63) is 93.5 Å². The molecule has 0 spiro atoms. The second-order valence-electron chi connectivity index (χ2n) is 5.98. The topological polar surface area (TPSA) is 55.0 Å². The van der Waals surface area contributed by atoms with Crippen molar-refractivity contribution in [2.24, 2.45) is 0 Å². The number of H-pyrrole nitrogens is 1. The number of hydrogen-bond donors (Lipinski definition) is 1. The molecule has 0 saturated carbocycles. The molecule has 3 aromatic carbocycles. The third-order valence-electron chi connectivity index (χ3n) is 4.15. The van der Waals surface area contributed by atoms with Crippen LogP contribution in [0.3, 0.4) is 0 Å². The monoisotopic (exact) mass is 380 g/mol. The largest absolute Gasteiger partial charge is 0.489 e. The van der Waals surface area contributed by atoms with Crippen LogP contribution >= 0.6 is 11.6 Å². The lowest BCUT2D eigenvalue weighted by atomic mass is 10.2. The van der Waals surface area contributed by atoms with Gasteiger partial charge in [0.1, 0.15) is 24.0 Å². The zero-order valence-corrected chi connectivity index (χ0v) is 14.8. The van der Waals surface area contributed by atoms with Crippen LogP contribution in [0, 0.1) is 5.82 Å². The molecule has 0 aliphatic carbocycles. The highest BCUT2D eigenvalue weighted by Crippen LogP contribution is 2.23. The minimum absolute atomic E-state index is 0.179. The van der Waals surface area contributed by atoms with Crippen molar-refractivity contribution in [1.29, 1.82) is 0 Å². The summed E-state index contributed by atoms with van der Waals surface area (Å²) < 4.78 is 18.8. The summed E-state index contributed by atoms with van der Waals surface area (Å²) >= 11 is 6.00. The normalized spacial score (nSPS) is 10.9. The molecule has 4 aromatic rings. The van der Waals surface area contributed by atoms with Crippen molar-refractivity contribution in [2.45, 2.75) is 6.61 Å². The Morgan fingerprint density at radius 3 is 2.59 bits per heavy atom. The number of aromatic nitrogens is 2. The van der Waals surface area contributed by atoms with Crippen molar-refractivity contribution in [3.8, 4) is 17.1 Å². The maximum Gasteiger partial charge on any atom is 0.259 e. The zero-order valence-electron chi connectivity index (χ0n) is 14.1. The predicted molar refractivity (Wildman–Crippen MR) is 104 cm³/mol.